The molecule has 0 saturated carbocycles. The van der Waals surface area contributed by atoms with Gasteiger partial charge in [-0.3, -0.25) is 4.90 Å². The van der Waals surface area contributed by atoms with Gasteiger partial charge in [-0.2, -0.15) is 0 Å². The van der Waals surface area contributed by atoms with Crippen LogP contribution in [0.3, 0.4) is 0 Å². The summed E-state index contributed by atoms with van der Waals surface area (Å²) in [7, 11) is 3.30. The Kier molecular flexibility index (Phi) is 6.62. The molecule has 2 heterocycles. The van der Waals surface area contributed by atoms with Gasteiger partial charge < -0.3 is 24.3 Å². The van der Waals surface area contributed by atoms with Crippen molar-refractivity contribution >= 4 is 5.70 Å². The summed E-state index contributed by atoms with van der Waals surface area (Å²) in [5.74, 6) is 0.151. The average Bonchev–Trinajstić information content (AvgIpc) is 2.80. The Morgan fingerprint density at radius 2 is 1.77 bits per heavy atom. The first kappa shape index (κ1) is 21.8. The topological polar surface area (TPSA) is 52.2 Å². The molecule has 1 aromatic carbocycles. The molecule has 31 heavy (non-hydrogen) atoms. The SMILES string of the molecule is COC1(OC)C=CC2=CNC(c3cc(C)c(OCCN4CCOCC4)c(C)c3)=CC2=C1. The van der Waals surface area contributed by atoms with Crippen molar-refractivity contribution < 1.29 is 18.9 Å². The quantitative estimate of drug-likeness (QED) is 0.678. The van der Waals surface area contributed by atoms with Crippen LogP contribution in [-0.4, -0.2) is 64.4 Å². The van der Waals surface area contributed by atoms with E-state index in [1.54, 1.807) is 14.2 Å². The Bertz CT molecular complexity index is 912. The van der Waals surface area contributed by atoms with Crippen molar-refractivity contribution in [1.82, 2.24) is 10.2 Å². The van der Waals surface area contributed by atoms with Gasteiger partial charge in [0.15, 0.2) is 0 Å². The van der Waals surface area contributed by atoms with Crippen LogP contribution < -0.4 is 10.1 Å². The third-order valence-corrected chi connectivity index (χ3v) is 6.04. The molecule has 1 aliphatic carbocycles. The molecule has 1 saturated heterocycles. The van der Waals surface area contributed by atoms with Crippen molar-refractivity contribution in [3.8, 4) is 5.75 Å². The lowest BCUT2D eigenvalue weighted by molar-refractivity contribution is -0.133. The predicted molar refractivity (Wildman–Crippen MR) is 122 cm³/mol. The van der Waals surface area contributed by atoms with E-state index in [9.17, 15) is 0 Å². The molecule has 6 nitrogen and oxygen atoms in total. The molecule has 0 unspecified atom stereocenters. The number of aryl methyl sites for hydroxylation is 2. The van der Waals surface area contributed by atoms with Crippen LogP contribution in [0.4, 0.5) is 0 Å². The van der Waals surface area contributed by atoms with Gasteiger partial charge in [0, 0.05) is 45.8 Å². The molecule has 4 rings (SSSR count). The van der Waals surface area contributed by atoms with Gasteiger partial charge in [0.1, 0.15) is 12.4 Å². The summed E-state index contributed by atoms with van der Waals surface area (Å²) in [6, 6.07) is 4.35. The van der Waals surface area contributed by atoms with Gasteiger partial charge in [-0.1, -0.05) is 6.08 Å². The van der Waals surface area contributed by atoms with Gasteiger partial charge in [0.05, 0.1) is 13.2 Å². The largest absolute Gasteiger partial charge is 0.492 e. The number of morpholine rings is 1. The standard InChI is InChI=1S/C25H32N2O4/c1-18-13-21(14-19(2)24(18)31-12-9-27-7-10-30-11-8-27)23-15-22-16-25(28-3,29-4)6-5-20(22)17-26-23/h5-6,13-17,26H,7-12H2,1-4H3. The van der Waals surface area contributed by atoms with Gasteiger partial charge in [0.2, 0.25) is 5.79 Å². The summed E-state index contributed by atoms with van der Waals surface area (Å²) in [6.07, 6.45) is 10.1. The number of nitrogens with one attached hydrogen (secondary N) is 1. The number of benzene rings is 1. The van der Waals surface area contributed by atoms with Gasteiger partial charge in [-0.25, -0.2) is 0 Å². The zero-order valence-electron chi connectivity index (χ0n) is 18.9. The van der Waals surface area contributed by atoms with E-state index in [0.29, 0.717) is 6.61 Å². The first-order valence-electron chi connectivity index (χ1n) is 10.8. The molecule has 2 aliphatic heterocycles. The lowest BCUT2D eigenvalue weighted by Gasteiger charge is -2.30. The first-order valence-corrected chi connectivity index (χ1v) is 10.8. The number of hydrogen-bond acceptors (Lipinski definition) is 6. The van der Waals surface area contributed by atoms with E-state index in [0.717, 1.165) is 72.1 Å². The molecule has 3 aliphatic rings. The third-order valence-electron chi connectivity index (χ3n) is 6.04. The van der Waals surface area contributed by atoms with E-state index in [1.165, 1.54) is 0 Å². The minimum absolute atomic E-state index is 0.684. The zero-order valence-corrected chi connectivity index (χ0v) is 18.9. The molecule has 1 aromatic rings. The van der Waals surface area contributed by atoms with Crippen molar-refractivity contribution in [3.05, 3.63) is 70.5 Å². The maximum absolute atomic E-state index is 6.17. The number of methoxy groups -OCH3 is 2. The number of rotatable bonds is 7. The first-order chi connectivity index (χ1) is 15.0. The van der Waals surface area contributed by atoms with Crippen LogP contribution in [0.1, 0.15) is 16.7 Å². The van der Waals surface area contributed by atoms with Crippen molar-refractivity contribution in [3.63, 3.8) is 0 Å². The molecular weight excluding hydrogens is 392 g/mol. The summed E-state index contributed by atoms with van der Waals surface area (Å²) in [6.45, 7) is 9.40. The highest BCUT2D eigenvalue weighted by atomic mass is 16.7. The minimum Gasteiger partial charge on any atom is -0.492 e. The second kappa shape index (κ2) is 9.40. The zero-order chi connectivity index (χ0) is 21.8. The van der Waals surface area contributed by atoms with Crippen LogP contribution in [0.5, 0.6) is 5.75 Å². The van der Waals surface area contributed by atoms with Crippen LogP contribution in [0, 0.1) is 13.8 Å². The predicted octanol–water partition coefficient (Wildman–Crippen LogP) is 3.33. The average molecular weight is 425 g/mol. The summed E-state index contributed by atoms with van der Waals surface area (Å²) in [5, 5.41) is 3.42. The molecular formula is C25H32N2O4. The molecule has 1 N–H and O–H groups in total. The molecule has 166 valence electrons. The van der Waals surface area contributed by atoms with E-state index in [2.05, 4.69) is 42.3 Å². The molecule has 0 bridgehead atoms. The van der Waals surface area contributed by atoms with E-state index >= 15 is 0 Å². The smallest absolute Gasteiger partial charge is 0.208 e. The van der Waals surface area contributed by atoms with Crippen molar-refractivity contribution in [2.75, 3.05) is 53.7 Å². The van der Waals surface area contributed by atoms with Gasteiger partial charge in [-0.15, -0.1) is 0 Å². The highest BCUT2D eigenvalue weighted by molar-refractivity contribution is 5.75. The Balaban J connectivity index is 1.49. The van der Waals surface area contributed by atoms with Crippen LogP contribution >= 0.6 is 0 Å². The monoisotopic (exact) mass is 424 g/mol. The number of hydrogen-bond donors (Lipinski definition) is 1. The lowest BCUT2D eigenvalue weighted by atomic mass is 9.92. The van der Waals surface area contributed by atoms with Crippen LogP contribution in [0.15, 0.2) is 53.8 Å². The fourth-order valence-corrected chi connectivity index (χ4v) is 4.20. The lowest BCUT2D eigenvalue weighted by Crippen LogP contribution is -2.38. The second-order valence-electron chi connectivity index (χ2n) is 8.11. The Labute approximate surface area is 184 Å². The third kappa shape index (κ3) is 4.77. The van der Waals surface area contributed by atoms with E-state index in [1.807, 2.05) is 24.4 Å². The van der Waals surface area contributed by atoms with E-state index in [-0.39, 0.29) is 0 Å². The molecule has 0 atom stereocenters. The minimum atomic E-state index is -0.824. The number of allylic oxidation sites excluding steroid dienone is 4. The number of dihydropyridines is 1. The van der Waals surface area contributed by atoms with E-state index < -0.39 is 5.79 Å². The summed E-state index contributed by atoms with van der Waals surface area (Å²) < 4.78 is 22.7. The van der Waals surface area contributed by atoms with Crippen LogP contribution in [-0.2, 0) is 14.2 Å². The van der Waals surface area contributed by atoms with Crippen molar-refractivity contribution in [2.24, 2.45) is 0 Å². The Morgan fingerprint density at radius 3 is 2.45 bits per heavy atom. The highest BCUT2D eigenvalue weighted by Crippen LogP contribution is 2.34. The fraction of sp³-hybridized carbons (Fsp3) is 0.440. The summed E-state index contributed by atoms with van der Waals surface area (Å²) in [4.78, 5) is 2.38. The van der Waals surface area contributed by atoms with E-state index in [4.69, 9.17) is 18.9 Å². The normalized spacial score (nSPS) is 20.3. The van der Waals surface area contributed by atoms with Gasteiger partial charge in [0.25, 0.3) is 0 Å². The number of ether oxygens (including phenoxy) is 4. The van der Waals surface area contributed by atoms with Gasteiger partial charge >= 0.3 is 0 Å². The molecule has 0 amide bonds. The summed E-state index contributed by atoms with van der Waals surface area (Å²) in [5.41, 5.74) is 6.61. The maximum Gasteiger partial charge on any atom is 0.208 e. The number of nitrogens with zero attached hydrogens (tertiary/aromatic N) is 1. The maximum atomic E-state index is 6.17. The highest BCUT2D eigenvalue weighted by Gasteiger charge is 2.28. The molecule has 1 fully saturated rings. The molecule has 6 heteroatoms. The molecule has 0 radical (unpaired) electrons. The van der Waals surface area contributed by atoms with Crippen molar-refractivity contribution in [2.45, 2.75) is 19.6 Å². The Hall–Kier alpha value is -2.38. The molecule has 0 spiro atoms. The van der Waals surface area contributed by atoms with Gasteiger partial charge in [-0.05, 0) is 72.0 Å². The van der Waals surface area contributed by atoms with Crippen molar-refractivity contribution in [1.29, 1.82) is 0 Å². The summed E-state index contributed by atoms with van der Waals surface area (Å²) >= 11 is 0. The van der Waals surface area contributed by atoms with Crippen LogP contribution in [0.2, 0.25) is 0 Å². The fourth-order valence-electron chi connectivity index (χ4n) is 4.20. The van der Waals surface area contributed by atoms with Crippen LogP contribution in [0.25, 0.3) is 5.70 Å². The number of fused-ring (bicyclic) bond motifs is 1. The Morgan fingerprint density at radius 1 is 1.06 bits per heavy atom. The molecule has 0 aromatic heterocycles. The second-order valence-corrected chi connectivity index (χ2v) is 8.11.